The summed E-state index contributed by atoms with van der Waals surface area (Å²) in [7, 11) is 0. The minimum absolute atomic E-state index is 0.224. The fourth-order valence-corrected chi connectivity index (χ4v) is 1.70. The van der Waals surface area contributed by atoms with Crippen LogP contribution in [0.25, 0.3) is 0 Å². The molecule has 0 aromatic heterocycles. The first-order valence-electron chi connectivity index (χ1n) is 4.42. The molecule has 2 saturated heterocycles. The number of hydrogen-bond acceptors (Lipinski definition) is 3. The van der Waals surface area contributed by atoms with E-state index < -0.39 is 0 Å². The zero-order valence-electron chi connectivity index (χ0n) is 7.08. The molecule has 2 fully saturated rings. The molecule has 0 spiro atoms. The molecule has 12 heavy (non-hydrogen) atoms. The Hall–Kier alpha value is -0.610. The largest absolute Gasteiger partial charge is 0.381 e. The number of rotatable bonds is 2. The molecule has 4 nitrogen and oxygen atoms in total. The summed E-state index contributed by atoms with van der Waals surface area (Å²) in [5.74, 6) is 0.788. The van der Waals surface area contributed by atoms with E-state index in [1.807, 2.05) is 4.90 Å². The van der Waals surface area contributed by atoms with E-state index in [9.17, 15) is 4.79 Å². The zero-order chi connectivity index (χ0) is 8.39. The van der Waals surface area contributed by atoms with Crippen LogP contribution in [0.2, 0.25) is 0 Å². The van der Waals surface area contributed by atoms with Crippen molar-refractivity contribution in [3.8, 4) is 0 Å². The SMILES string of the molecule is O=C1CNCN1CC1CCOC1. The molecule has 0 aromatic rings. The van der Waals surface area contributed by atoms with E-state index in [0.29, 0.717) is 12.5 Å². The number of nitrogens with one attached hydrogen (secondary N) is 1. The van der Waals surface area contributed by atoms with Gasteiger partial charge in [-0.15, -0.1) is 0 Å². The summed E-state index contributed by atoms with van der Waals surface area (Å²) in [6.45, 7) is 3.78. The van der Waals surface area contributed by atoms with Crippen molar-refractivity contribution in [2.45, 2.75) is 6.42 Å². The Morgan fingerprint density at radius 1 is 1.67 bits per heavy atom. The van der Waals surface area contributed by atoms with E-state index in [4.69, 9.17) is 4.74 Å². The number of hydrogen-bond donors (Lipinski definition) is 1. The lowest BCUT2D eigenvalue weighted by atomic mass is 10.1. The molecule has 1 unspecified atom stereocenters. The van der Waals surface area contributed by atoms with Gasteiger partial charge in [-0.2, -0.15) is 0 Å². The van der Waals surface area contributed by atoms with Crippen LogP contribution in [0.3, 0.4) is 0 Å². The Balaban J connectivity index is 1.81. The Bertz CT molecular complexity index is 178. The first kappa shape index (κ1) is 8.01. The highest BCUT2D eigenvalue weighted by atomic mass is 16.5. The lowest BCUT2D eigenvalue weighted by molar-refractivity contribution is -0.127. The highest BCUT2D eigenvalue weighted by molar-refractivity contribution is 5.79. The molecule has 4 heteroatoms. The third-order valence-corrected chi connectivity index (χ3v) is 2.43. The molecule has 1 amide bonds. The maximum absolute atomic E-state index is 11.2. The second-order valence-electron chi connectivity index (χ2n) is 3.43. The van der Waals surface area contributed by atoms with Gasteiger partial charge < -0.3 is 9.64 Å². The van der Waals surface area contributed by atoms with Crippen LogP contribution >= 0.6 is 0 Å². The molecule has 2 rings (SSSR count). The van der Waals surface area contributed by atoms with Crippen LogP contribution in [0, 0.1) is 5.92 Å². The topological polar surface area (TPSA) is 41.6 Å². The first-order chi connectivity index (χ1) is 5.86. The van der Waals surface area contributed by atoms with Gasteiger partial charge in [0.25, 0.3) is 0 Å². The molecule has 0 saturated carbocycles. The van der Waals surface area contributed by atoms with Gasteiger partial charge in [0.05, 0.1) is 19.8 Å². The third-order valence-electron chi connectivity index (χ3n) is 2.43. The molecule has 0 bridgehead atoms. The van der Waals surface area contributed by atoms with Crippen LogP contribution in [0.1, 0.15) is 6.42 Å². The van der Waals surface area contributed by atoms with E-state index in [-0.39, 0.29) is 5.91 Å². The Kier molecular flexibility index (Phi) is 2.28. The van der Waals surface area contributed by atoms with Gasteiger partial charge in [0.2, 0.25) is 5.91 Å². The van der Waals surface area contributed by atoms with E-state index >= 15 is 0 Å². The van der Waals surface area contributed by atoms with Crippen molar-refractivity contribution in [3.05, 3.63) is 0 Å². The molecular weight excluding hydrogens is 156 g/mol. The molecule has 2 heterocycles. The number of ether oxygens (including phenoxy) is 1. The summed E-state index contributed by atoms with van der Waals surface area (Å²) >= 11 is 0. The van der Waals surface area contributed by atoms with Gasteiger partial charge in [-0.3, -0.25) is 10.1 Å². The Morgan fingerprint density at radius 2 is 2.58 bits per heavy atom. The minimum Gasteiger partial charge on any atom is -0.381 e. The second-order valence-corrected chi connectivity index (χ2v) is 3.43. The minimum atomic E-state index is 0.224. The van der Waals surface area contributed by atoms with Gasteiger partial charge in [-0.05, 0) is 6.42 Å². The number of amides is 1. The summed E-state index contributed by atoms with van der Waals surface area (Å²) in [6.07, 6.45) is 1.10. The van der Waals surface area contributed by atoms with Crippen molar-refractivity contribution in [2.75, 3.05) is 33.0 Å². The number of nitrogens with zero attached hydrogens (tertiary/aromatic N) is 1. The summed E-state index contributed by atoms with van der Waals surface area (Å²) in [5, 5.41) is 3.03. The number of carbonyl (C=O) groups is 1. The highest BCUT2D eigenvalue weighted by Gasteiger charge is 2.24. The van der Waals surface area contributed by atoms with Crippen LogP contribution in [-0.4, -0.2) is 43.8 Å². The van der Waals surface area contributed by atoms with E-state index in [1.165, 1.54) is 0 Å². The first-order valence-corrected chi connectivity index (χ1v) is 4.42. The predicted molar refractivity (Wildman–Crippen MR) is 43.5 cm³/mol. The van der Waals surface area contributed by atoms with Crippen molar-refractivity contribution in [2.24, 2.45) is 5.92 Å². The summed E-state index contributed by atoms with van der Waals surface area (Å²) in [6, 6.07) is 0. The molecule has 68 valence electrons. The molecule has 2 aliphatic rings. The average molecular weight is 170 g/mol. The molecule has 2 aliphatic heterocycles. The van der Waals surface area contributed by atoms with Gasteiger partial charge in [0.1, 0.15) is 0 Å². The van der Waals surface area contributed by atoms with Crippen molar-refractivity contribution in [1.82, 2.24) is 10.2 Å². The summed E-state index contributed by atoms with van der Waals surface area (Å²) in [4.78, 5) is 13.1. The fourth-order valence-electron chi connectivity index (χ4n) is 1.70. The lowest BCUT2D eigenvalue weighted by Crippen LogP contribution is -2.32. The Morgan fingerprint density at radius 3 is 3.17 bits per heavy atom. The average Bonchev–Trinajstić information content (AvgIpc) is 2.65. The lowest BCUT2D eigenvalue weighted by Gasteiger charge is -2.17. The third kappa shape index (κ3) is 1.59. The van der Waals surface area contributed by atoms with Gasteiger partial charge in [-0.1, -0.05) is 0 Å². The predicted octanol–water partition coefficient (Wildman–Crippen LogP) is -0.588. The van der Waals surface area contributed by atoms with Gasteiger partial charge in [0.15, 0.2) is 0 Å². The van der Waals surface area contributed by atoms with Gasteiger partial charge >= 0.3 is 0 Å². The van der Waals surface area contributed by atoms with Crippen LogP contribution in [0.15, 0.2) is 0 Å². The molecule has 0 aliphatic carbocycles. The van der Waals surface area contributed by atoms with Crippen LogP contribution in [0.5, 0.6) is 0 Å². The molecule has 0 aromatic carbocycles. The van der Waals surface area contributed by atoms with E-state index in [0.717, 1.165) is 32.8 Å². The van der Waals surface area contributed by atoms with Crippen molar-refractivity contribution in [3.63, 3.8) is 0 Å². The highest BCUT2D eigenvalue weighted by Crippen LogP contribution is 2.14. The molecular formula is C8H14N2O2. The maximum Gasteiger partial charge on any atom is 0.237 e. The van der Waals surface area contributed by atoms with Crippen LogP contribution in [0.4, 0.5) is 0 Å². The van der Waals surface area contributed by atoms with E-state index in [1.54, 1.807) is 0 Å². The molecule has 1 N–H and O–H groups in total. The monoisotopic (exact) mass is 170 g/mol. The summed E-state index contributed by atoms with van der Waals surface area (Å²) in [5.41, 5.74) is 0. The zero-order valence-corrected chi connectivity index (χ0v) is 7.08. The van der Waals surface area contributed by atoms with Crippen LogP contribution in [-0.2, 0) is 9.53 Å². The second kappa shape index (κ2) is 3.41. The standard InChI is InChI=1S/C8H14N2O2/c11-8-3-9-6-10(8)4-7-1-2-12-5-7/h7,9H,1-6H2. The van der Waals surface area contributed by atoms with Crippen molar-refractivity contribution in [1.29, 1.82) is 0 Å². The smallest absolute Gasteiger partial charge is 0.237 e. The normalized spacial score (nSPS) is 30.2. The quantitative estimate of drug-likeness (QED) is 0.602. The van der Waals surface area contributed by atoms with Crippen LogP contribution < -0.4 is 5.32 Å². The fraction of sp³-hybridized carbons (Fsp3) is 0.875. The maximum atomic E-state index is 11.2. The summed E-state index contributed by atoms with van der Waals surface area (Å²) < 4.78 is 5.24. The number of carbonyl (C=O) groups excluding carboxylic acids is 1. The van der Waals surface area contributed by atoms with Crippen molar-refractivity contribution >= 4 is 5.91 Å². The Labute approximate surface area is 71.9 Å². The van der Waals surface area contributed by atoms with Gasteiger partial charge in [-0.25, -0.2) is 0 Å². The van der Waals surface area contributed by atoms with E-state index in [2.05, 4.69) is 5.32 Å². The van der Waals surface area contributed by atoms with Crippen molar-refractivity contribution < 1.29 is 9.53 Å². The molecule has 1 atom stereocenters. The molecule has 0 radical (unpaired) electrons. The van der Waals surface area contributed by atoms with Gasteiger partial charge in [0, 0.05) is 19.1 Å².